The Morgan fingerprint density at radius 2 is 1.93 bits per heavy atom. The van der Waals surface area contributed by atoms with E-state index in [-0.39, 0.29) is 11.8 Å². The van der Waals surface area contributed by atoms with E-state index in [1.165, 1.54) is 6.26 Å². The smallest absolute Gasteiger partial charge is 0.148 e. The van der Waals surface area contributed by atoms with Crippen LogP contribution in [0.1, 0.15) is 26.7 Å². The molecule has 0 aromatic carbocycles. The van der Waals surface area contributed by atoms with Crippen LogP contribution in [-0.2, 0) is 9.84 Å². The second-order valence-electron chi connectivity index (χ2n) is 3.93. The molecule has 0 fully saturated rings. The van der Waals surface area contributed by atoms with Gasteiger partial charge in [0, 0.05) is 18.3 Å². The molecule has 0 amide bonds. The van der Waals surface area contributed by atoms with Crippen molar-refractivity contribution in [2.45, 2.75) is 38.8 Å². The first-order valence-corrected chi connectivity index (χ1v) is 6.96. The molecule has 0 radical (unpaired) electrons. The molecule has 0 aromatic rings. The fraction of sp³-hybridized carbons (Fsp3) is 0.800. The number of sulfone groups is 1. The summed E-state index contributed by atoms with van der Waals surface area (Å²) >= 11 is 0. The van der Waals surface area contributed by atoms with Crippen LogP contribution >= 0.6 is 0 Å². The first-order valence-electron chi connectivity index (χ1n) is 4.90. The third kappa shape index (κ3) is 8.26. The molecule has 0 saturated carbocycles. The van der Waals surface area contributed by atoms with E-state index in [0.717, 1.165) is 12.8 Å². The van der Waals surface area contributed by atoms with Gasteiger partial charge in [0.1, 0.15) is 9.84 Å². The molecule has 1 N–H and O–H groups in total. The Hall–Kier alpha value is -0.350. The topological polar surface area (TPSA) is 46.2 Å². The number of nitrogens with one attached hydrogen (secondary N) is 1. The lowest BCUT2D eigenvalue weighted by molar-refractivity contribution is 0.466. The molecule has 2 unspecified atom stereocenters. The van der Waals surface area contributed by atoms with Gasteiger partial charge in [0.05, 0.1) is 5.75 Å². The molecule has 84 valence electrons. The van der Waals surface area contributed by atoms with Crippen molar-refractivity contribution in [2.24, 2.45) is 0 Å². The van der Waals surface area contributed by atoms with Crippen molar-refractivity contribution in [1.82, 2.24) is 5.32 Å². The number of allylic oxidation sites excluding steroid dienone is 1. The van der Waals surface area contributed by atoms with E-state index in [1.54, 1.807) is 0 Å². The standard InChI is InChI=1S/C10H21NO2S/c1-5-6-7-9(2)11-10(3)8-14(4,12)13/h5,9-11H,1,6-8H2,2-4H3. The highest BCUT2D eigenvalue weighted by Crippen LogP contribution is 1.99. The van der Waals surface area contributed by atoms with E-state index in [1.807, 2.05) is 13.0 Å². The highest BCUT2D eigenvalue weighted by molar-refractivity contribution is 7.90. The third-order valence-corrected chi connectivity index (χ3v) is 3.03. The van der Waals surface area contributed by atoms with Crippen LogP contribution in [0.2, 0.25) is 0 Å². The Bertz CT molecular complexity index is 259. The average molecular weight is 219 g/mol. The molecule has 0 heterocycles. The van der Waals surface area contributed by atoms with Gasteiger partial charge in [-0.25, -0.2) is 8.42 Å². The largest absolute Gasteiger partial charge is 0.311 e. The van der Waals surface area contributed by atoms with E-state index in [4.69, 9.17) is 0 Å². The van der Waals surface area contributed by atoms with Gasteiger partial charge >= 0.3 is 0 Å². The maximum absolute atomic E-state index is 11.0. The van der Waals surface area contributed by atoms with E-state index >= 15 is 0 Å². The zero-order valence-corrected chi connectivity index (χ0v) is 10.1. The van der Waals surface area contributed by atoms with Crippen LogP contribution in [0.15, 0.2) is 12.7 Å². The molecule has 0 rings (SSSR count). The van der Waals surface area contributed by atoms with Gasteiger partial charge in [-0.3, -0.25) is 0 Å². The first kappa shape index (κ1) is 13.7. The molecule has 0 aromatic heterocycles. The number of hydrogen-bond donors (Lipinski definition) is 1. The summed E-state index contributed by atoms with van der Waals surface area (Å²) in [5, 5.41) is 3.24. The summed E-state index contributed by atoms with van der Waals surface area (Å²) in [6, 6.07) is 0.356. The van der Waals surface area contributed by atoms with Crippen molar-refractivity contribution in [2.75, 3.05) is 12.0 Å². The highest BCUT2D eigenvalue weighted by atomic mass is 32.2. The maximum atomic E-state index is 11.0. The van der Waals surface area contributed by atoms with E-state index in [2.05, 4.69) is 18.8 Å². The van der Waals surface area contributed by atoms with Crippen molar-refractivity contribution in [3.05, 3.63) is 12.7 Å². The fourth-order valence-corrected chi connectivity index (χ4v) is 2.44. The zero-order valence-electron chi connectivity index (χ0n) is 9.29. The van der Waals surface area contributed by atoms with Crippen LogP contribution < -0.4 is 5.32 Å². The van der Waals surface area contributed by atoms with Gasteiger partial charge in [-0.15, -0.1) is 6.58 Å². The van der Waals surface area contributed by atoms with Crippen molar-refractivity contribution >= 4 is 9.84 Å². The lowest BCUT2D eigenvalue weighted by Crippen LogP contribution is -2.38. The van der Waals surface area contributed by atoms with Crippen molar-refractivity contribution in [3.63, 3.8) is 0 Å². The van der Waals surface area contributed by atoms with Gasteiger partial charge in [-0.2, -0.15) is 0 Å². The van der Waals surface area contributed by atoms with Gasteiger partial charge in [-0.1, -0.05) is 6.08 Å². The van der Waals surface area contributed by atoms with Crippen LogP contribution in [0.4, 0.5) is 0 Å². The third-order valence-electron chi connectivity index (χ3n) is 1.93. The summed E-state index contributed by atoms with van der Waals surface area (Å²) in [5.74, 6) is 0.200. The summed E-state index contributed by atoms with van der Waals surface area (Å²) in [7, 11) is -2.87. The molecule has 0 saturated heterocycles. The lowest BCUT2D eigenvalue weighted by atomic mass is 10.1. The normalized spacial score (nSPS) is 16.2. The lowest BCUT2D eigenvalue weighted by Gasteiger charge is -2.18. The average Bonchev–Trinajstić information content (AvgIpc) is 1.96. The number of rotatable bonds is 7. The highest BCUT2D eigenvalue weighted by Gasteiger charge is 2.12. The molecule has 0 bridgehead atoms. The zero-order chi connectivity index (χ0) is 11.2. The van der Waals surface area contributed by atoms with Crippen molar-refractivity contribution < 1.29 is 8.42 Å². The van der Waals surface area contributed by atoms with Gasteiger partial charge in [0.2, 0.25) is 0 Å². The molecule has 3 nitrogen and oxygen atoms in total. The van der Waals surface area contributed by atoms with Crippen LogP contribution in [0.5, 0.6) is 0 Å². The van der Waals surface area contributed by atoms with Crippen LogP contribution in [0, 0.1) is 0 Å². The Morgan fingerprint density at radius 3 is 2.36 bits per heavy atom. The summed E-state index contributed by atoms with van der Waals surface area (Å²) in [6.07, 6.45) is 5.09. The monoisotopic (exact) mass is 219 g/mol. The molecular formula is C10H21NO2S. The molecule has 0 aliphatic carbocycles. The summed E-state index contributed by atoms with van der Waals surface area (Å²) in [6.45, 7) is 7.60. The first-order chi connectivity index (χ1) is 6.35. The predicted octanol–water partition coefficient (Wildman–Crippen LogP) is 1.36. The van der Waals surface area contributed by atoms with Gasteiger partial charge in [-0.05, 0) is 26.7 Å². The van der Waals surface area contributed by atoms with Crippen LogP contribution in [-0.4, -0.2) is 32.5 Å². The second-order valence-corrected chi connectivity index (χ2v) is 6.11. The summed E-state index contributed by atoms with van der Waals surface area (Å²) in [5.41, 5.74) is 0. The number of hydrogen-bond acceptors (Lipinski definition) is 3. The van der Waals surface area contributed by atoms with E-state index < -0.39 is 9.84 Å². The van der Waals surface area contributed by atoms with Crippen molar-refractivity contribution in [1.29, 1.82) is 0 Å². The minimum absolute atomic E-state index is 0.0183. The van der Waals surface area contributed by atoms with Gasteiger partial charge in [0.15, 0.2) is 0 Å². The molecule has 14 heavy (non-hydrogen) atoms. The van der Waals surface area contributed by atoms with Crippen LogP contribution in [0.3, 0.4) is 0 Å². The fourth-order valence-electron chi connectivity index (χ4n) is 1.44. The molecule has 0 aliphatic rings. The summed E-state index contributed by atoms with van der Waals surface area (Å²) in [4.78, 5) is 0. The molecule has 4 heteroatoms. The Balaban J connectivity index is 3.82. The van der Waals surface area contributed by atoms with E-state index in [0.29, 0.717) is 6.04 Å². The molecule has 2 atom stereocenters. The Labute approximate surface area is 87.5 Å². The van der Waals surface area contributed by atoms with Gasteiger partial charge < -0.3 is 5.32 Å². The summed E-state index contributed by atoms with van der Waals surface area (Å²) < 4.78 is 22.0. The predicted molar refractivity (Wildman–Crippen MR) is 61.2 cm³/mol. The van der Waals surface area contributed by atoms with Gasteiger partial charge in [0.25, 0.3) is 0 Å². The van der Waals surface area contributed by atoms with Crippen LogP contribution in [0.25, 0.3) is 0 Å². The van der Waals surface area contributed by atoms with Crippen molar-refractivity contribution in [3.8, 4) is 0 Å². The molecule has 0 aliphatic heterocycles. The minimum atomic E-state index is -2.87. The second kappa shape index (κ2) is 6.19. The maximum Gasteiger partial charge on any atom is 0.148 e. The minimum Gasteiger partial charge on any atom is -0.311 e. The Kier molecular flexibility index (Phi) is 6.04. The SMILES string of the molecule is C=CCCC(C)NC(C)CS(C)(=O)=O. The molecule has 0 spiro atoms. The van der Waals surface area contributed by atoms with E-state index in [9.17, 15) is 8.42 Å². The quantitative estimate of drug-likeness (QED) is 0.658. The molecular weight excluding hydrogens is 198 g/mol. The Morgan fingerprint density at radius 1 is 1.36 bits per heavy atom.